The van der Waals surface area contributed by atoms with Gasteiger partial charge in [-0.15, -0.1) is 24.0 Å². The Morgan fingerprint density at radius 1 is 1.17 bits per heavy atom. The number of halogens is 2. The third-order valence-electron chi connectivity index (χ3n) is 6.34. The Hall–Kier alpha value is -0.610. The molecule has 1 aromatic rings. The number of rotatable bonds is 4. The van der Waals surface area contributed by atoms with E-state index >= 15 is 0 Å². The SMILES string of the molecule is CN=C(NCC(c1ccccc1Cl)N1CCOCC1)N1CCC2(CCOC2)C1.I. The van der Waals surface area contributed by atoms with Gasteiger partial charge < -0.3 is 19.7 Å². The summed E-state index contributed by atoms with van der Waals surface area (Å²) >= 11 is 6.56. The molecule has 1 spiro atoms. The number of aliphatic imine (C=N–C) groups is 1. The highest BCUT2D eigenvalue weighted by Crippen LogP contribution is 2.38. The van der Waals surface area contributed by atoms with Crippen LogP contribution in [0.3, 0.4) is 0 Å². The van der Waals surface area contributed by atoms with Gasteiger partial charge in [0.25, 0.3) is 0 Å². The van der Waals surface area contributed by atoms with E-state index in [1.54, 1.807) is 0 Å². The summed E-state index contributed by atoms with van der Waals surface area (Å²) in [6.07, 6.45) is 2.35. The molecule has 1 aromatic carbocycles. The molecule has 3 saturated heterocycles. The lowest BCUT2D eigenvalue weighted by molar-refractivity contribution is 0.0169. The molecule has 3 heterocycles. The van der Waals surface area contributed by atoms with Crippen molar-refractivity contribution >= 4 is 41.5 Å². The Labute approximate surface area is 196 Å². The molecule has 0 aromatic heterocycles. The zero-order valence-corrected chi connectivity index (χ0v) is 20.2. The van der Waals surface area contributed by atoms with E-state index in [1.807, 2.05) is 19.2 Å². The van der Waals surface area contributed by atoms with Gasteiger partial charge in [-0.1, -0.05) is 29.8 Å². The van der Waals surface area contributed by atoms with Crippen molar-refractivity contribution in [2.75, 3.05) is 66.2 Å². The van der Waals surface area contributed by atoms with E-state index in [-0.39, 0.29) is 30.0 Å². The molecule has 0 amide bonds. The van der Waals surface area contributed by atoms with Crippen LogP contribution >= 0.6 is 35.6 Å². The lowest BCUT2D eigenvalue weighted by atomic mass is 9.87. The summed E-state index contributed by atoms with van der Waals surface area (Å²) in [5.74, 6) is 0.981. The van der Waals surface area contributed by atoms with Crippen LogP contribution in [-0.2, 0) is 9.47 Å². The minimum absolute atomic E-state index is 0. The van der Waals surface area contributed by atoms with Crippen LogP contribution in [0.1, 0.15) is 24.4 Å². The van der Waals surface area contributed by atoms with Crippen molar-refractivity contribution in [2.24, 2.45) is 10.4 Å². The summed E-state index contributed by atoms with van der Waals surface area (Å²) in [6, 6.07) is 8.35. The standard InChI is InChI=1S/C21H31ClN4O2.HI/c1-23-20(26-8-6-21(15-26)7-11-28-16-21)24-14-19(25-9-12-27-13-10-25)17-4-2-3-5-18(17)22;/h2-5,19H,6-16H2,1H3,(H,23,24);1H. The number of nitrogens with zero attached hydrogens (tertiary/aromatic N) is 3. The van der Waals surface area contributed by atoms with Gasteiger partial charge >= 0.3 is 0 Å². The van der Waals surface area contributed by atoms with E-state index in [2.05, 4.69) is 32.2 Å². The van der Waals surface area contributed by atoms with E-state index in [0.717, 1.165) is 82.1 Å². The summed E-state index contributed by atoms with van der Waals surface area (Å²) < 4.78 is 11.2. The quantitative estimate of drug-likeness (QED) is 0.366. The van der Waals surface area contributed by atoms with Gasteiger partial charge in [-0.05, 0) is 24.5 Å². The van der Waals surface area contributed by atoms with Crippen LogP contribution in [0.25, 0.3) is 0 Å². The third-order valence-corrected chi connectivity index (χ3v) is 6.68. The number of benzene rings is 1. The summed E-state index contributed by atoms with van der Waals surface area (Å²) in [5, 5.41) is 4.45. The number of hydrogen-bond donors (Lipinski definition) is 1. The lowest BCUT2D eigenvalue weighted by Gasteiger charge is -2.36. The maximum atomic E-state index is 6.56. The van der Waals surface area contributed by atoms with Crippen molar-refractivity contribution < 1.29 is 9.47 Å². The second-order valence-corrected chi connectivity index (χ2v) is 8.50. The highest BCUT2D eigenvalue weighted by molar-refractivity contribution is 14.0. The molecule has 8 heteroatoms. The van der Waals surface area contributed by atoms with Crippen LogP contribution in [0.2, 0.25) is 5.02 Å². The fourth-order valence-corrected chi connectivity index (χ4v) is 4.94. The molecular weight excluding hydrogens is 503 g/mol. The van der Waals surface area contributed by atoms with Crippen molar-refractivity contribution in [1.29, 1.82) is 0 Å². The van der Waals surface area contributed by atoms with E-state index in [4.69, 9.17) is 21.1 Å². The molecule has 29 heavy (non-hydrogen) atoms. The molecule has 0 aliphatic carbocycles. The Kier molecular flexibility index (Phi) is 8.44. The zero-order valence-electron chi connectivity index (χ0n) is 17.1. The van der Waals surface area contributed by atoms with Crippen LogP contribution in [0.5, 0.6) is 0 Å². The van der Waals surface area contributed by atoms with Crippen molar-refractivity contribution in [3.63, 3.8) is 0 Å². The van der Waals surface area contributed by atoms with Crippen molar-refractivity contribution in [1.82, 2.24) is 15.1 Å². The molecule has 1 N–H and O–H groups in total. The third kappa shape index (κ3) is 5.36. The zero-order chi connectivity index (χ0) is 19.4. The van der Waals surface area contributed by atoms with Crippen LogP contribution in [0.4, 0.5) is 0 Å². The van der Waals surface area contributed by atoms with Gasteiger partial charge in [-0.25, -0.2) is 0 Å². The van der Waals surface area contributed by atoms with Gasteiger partial charge in [-0.3, -0.25) is 9.89 Å². The maximum absolute atomic E-state index is 6.56. The highest BCUT2D eigenvalue weighted by Gasteiger charge is 2.42. The smallest absolute Gasteiger partial charge is 0.193 e. The predicted molar refractivity (Wildman–Crippen MR) is 127 cm³/mol. The van der Waals surface area contributed by atoms with Crippen LogP contribution in [-0.4, -0.2) is 82.0 Å². The molecule has 3 fully saturated rings. The Bertz CT molecular complexity index is 693. The molecule has 4 rings (SSSR count). The van der Waals surface area contributed by atoms with E-state index < -0.39 is 0 Å². The average Bonchev–Trinajstić information content (AvgIpc) is 3.37. The summed E-state index contributed by atoms with van der Waals surface area (Å²) in [7, 11) is 1.87. The molecule has 2 unspecified atom stereocenters. The molecule has 0 radical (unpaired) electrons. The minimum Gasteiger partial charge on any atom is -0.381 e. The Balaban J connectivity index is 0.00000240. The normalized spacial score (nSPS) is 26.6. The number of ether oxygens (including phenoxy) is 2. The van der Waals surface area contributed by atoms with Gasteiger partial charge in [-0.2, -0.15) is 0 Å². The van der Waals surface area contributed by atoms with Crippen LogP contribution in [0, 0.1) is 5.41 Å². The topological polar surface area (TPSA) is 49.3 Å². The van der Waals surface area contributed by atoms with Gasteiger partial charge in [0.15, 0.2) is 5.96 Å². The molecule has 6 nitrogen and oxygen atoms in total. The Morgan fingerprint density at radius 2 is 1.97 bits per heavy atom. The van der Waals surface area contributed by atoms with Crippen molar-refractivity contribution in [3.8, 4) is 0 Å². The fraction of sp³-hybridized carbons (Fsp3) is 0.667. The fourth-order valence-electron chi connectivity index (χ4n) is 4.68. The maximum Gasteiger partial charge on any atom is 0.193 e. The molecule has 2 atom stereocenters. The van der Waals surface area contributed by atoms with Crippen LogP contribution in [0.15, 0.2) is 29.3 Å². The van der Waals surface area contributed by atoms with Gasteiger partial charge in [0.1, 0.15) is 0 Å². The lowest BCUT2D eigenvalue weighted by Crippen LogP contribution is -2.47. The molecule has 0 saturated carbocycles. The van der Waals surface area contributed by atoms with Crippen molar-refractivity contribution in [2.45, 2.75) is 18.9 Å². The van der Waals surface area contributed by atoms with E-state index in [0.29, 0.717) is 5.41 Å². The van der Waals surface area contributed by atoms with Crippen LogP contribution < -0.4 is 5.32 Å². The first-order valence-electron chi connectivity index (χ1n) is 10.3. The monoisotopic (exact) mass is 534 g/mol. The average molecular weight is 535 g/mol. The minimum atomic E-state index is 0. The van der Waals surface area contributed by atoms with Gasteiger partial charge in [0, 0.05) is 56.8 Å². The highest BCUT2D eigenvalue weighted by atomic mass is 127. The Morgan fingerprint density at radius 3 is 2.66 bits per heavy atom. The molecule has 0 bridgehead atoms. The largest absolute Gasteiger partial charge is 0.381 e. The van der Waals surface area contributed by atoms with Gasteiger partial charge in [0.05, 0.1) is 25.9 Å². The molecular formula is C21H32ClIN4O2. The molecule has 3 aliphatic heterocycles. The van der Waals surface area contributed by atoms with Crippen molar-refractivity contribution in [3.05, 3.63) is 34.9 Å². The predicted octanol–water partition coefficient (Wildman–Crippen LogP) is 3.02. The number of likely N-dealkylation sites (tertiary alicyclic amines) is 1. The van der Waals surface area contributed by atoms with E-state index in [9.17, 15) is 0 Å². The number of guanidine groups is 1. The van der Waals surface area contributed by atoms with E-state index in [1.165, 1.54) is 6.42 Å². The van der Waals surface area contributed by atoms with Gasteiger partial charge in [0.2, 0.25) is 0 Å². The summed E-state index contributed by atoms with van der Waals surface area (Å²) in [6.45, 7) is 7.99. The first-order chi connectivity index (χ1) is 13.7. The number of nitrogens with one attached hydrogen (secondary N) is 1. The molecule has 3 aliphatic rings. The first kappa shape index (κ1) is 23.1. The summed E-state index contributed by atoms with van der Waals surface area (Å²) in [4.78, 5) is 9.42. The second-order valence-electron chi connectivity index (χ2n) is 8.09. The summed E-state index contributed by atoms with van der Waals surface area (Å²) in [5.41, 5.74) is 1.49. The number of morpholine rings is 1. The molecule has 162 valence electrons. The first-order valence-corrected chi connectivity index (χ1v) is 10.7. The number of hydrogen-bond acceptors (Lipinski definition) is 4. The second kappa shape index (κ2) is 10.6.